The Kier molecular flexibility index (Phi) is 2.73. The average Bonchev–Trinajstić information content (AvgIpc) is 2.73. The van der Waals surface area contributed by atoms with Crippen molar-refractivity contribution in [1.82, 2.24) is 14.5 Å². The molecule has 1 aromatic heterocycles. The predicted octanol–water partition coefficient (Wildman–Crippen LogP) is -0.0374. The standard InChI is InChI=1S/C10H16N4O/c1-2-8(11)10(15)14-6-5-13-4-3-12-9(13)7-14/h3-4,8H,2,5-7,11H2,1H3/t8-/m1/s1. The van der Waals surface area contributed by atoms with Gasteiger partial charge in [-0.15, -0.1) is 0 Å². The molecule has 0 aliphatic carbocycles. The number of fused-ring (bicyclic) bond motifs is 1. The molecule has 1 aliphatic rings. The first-order valence-corrected chi connectivity index (χ1v) is 5.26. The summed E-state index contributed by atoms with van der Waals surface area (Å²) >= 11 is 0. The van der Waals surface area contributed by atoms with Crippen molar-refractivity contribution < 1.29 is 4.79 Å². The van der Waals surface area contributed by atoms with Crippen molar-refractivity contribution in [3.8, 4) is 0 Å². The third-order valence-corrected chi connectivity index (χ3v) is 2.81. The molecule has 0 saturated heterocycles. The Balaban J connectivity index is 2.06. The van der Waals surface area contributed by atoms with Crippen LogP contribution in [-0.2, 0) is 17.9 Å². The number of amides is 1. The number of carbonyl (C=O) groups excluding carboxylic acids is 1. The normalized spacial score (nSPS) is 17.3. The Bertz CT molecular complexity index is 360. The summed E-state index contributed by atoms with van der Waals surface area (Å²) in [7, 11) is 0. The lowest BCUT2D eigenvalue weighted by molar-refractivity contribution is -0.134. The van der Waals surface area contributed by atoms with Gasteiger partial charge >= 0.3 is 0 Å². The van der Waals surface area contributed by atoms with Gasteiger partial charge in [0.1, 0.15) is 5.82 Å². The number of nitrogens with zero attached hydrogens (tertiary/aromatic N) is 3. The van der Waals surface area contributed by atoms with E-state index in [-0.39, 0.29) is 11.9 Å². The summed E-state index contributed by atoms with van der Waals surface area (Å²) in [4.78, 5) is 17.8. The van der Waals surface area contributed by atoms with E-state index in [2.05, 4.69) is 9.55 Å². The van der Waals surface area contributed by atoms with Gasteiger partial charge in [0.2, 0.25) is 5.91 Å². The van der Waals surface area contributed by atoms with E-state index >= 15 is 0 Å². The van der Waals surface area contributed by atoms with E-state index in [4.69, 9.17) is 5.73 Å². The van der Waals surface area contributed by atoms with Crippen LogP contribution in [0.5, 0.6) is 0 Å². The van der Waals surface area contributed by atoms with Gasteiger partial charge in [-0.3, -0.25) is 4.79 Å². The van der Waals surface area contributed by atoms with Gasteiger partial charge in [-0.05, 0) is 6.42 Å². The number of hydrogen-bond acceptors (Lipinski definition) is 3. The molecule has 0 aromatic carbocycles. The average molecular weight is 208 g/mol. The molecule has 0 saturated carbocycles. The van der Waals surface area contributed by atoms with Gasteiger partial charge in [-0.25, -0.2) is 4.98 Å². The van der Waals surface area contributed by atoms with Gasteiger partial charge < -0.3 is 15.2 Å². The van der Waals surface area contributed by atoms with Crippen molar-refractivity contribution in [1.29, 1.82) is 0 Å². The van der Waals surface area contributed by atoms with Gasteiger partial charge in [-0.1, -0.05) is 6.92 Å². The molecule has 1 atom stereocenters. The lowest BCUT2D eigenvalue weighted by Crippen LogP contribution is -2.46. The zero-order valence-corrected chi connectivity index (χ0v) is 8.89. The lowest BCUT2D eigenvalue weighted by Gasteiger charge is -2.29. The number of imidazole rings is 1. The number of aromatic nitrogens is 2. The van der Waals surface area contributed by atoms with Crippen LogP contribution in [-0.4, -0.2) is 32.9 Å². The second kappa shape index (κ2) is 4.02. The van der Waals surface area contributed by atoms with E-state index in [1.165, 1.54) is 0 Å². The van der Waals surface area contributed by atoms with Crippen LogP contribution in [0, 0.1) is 0 Å². The van der Waals surface area contributed by atoms with Crippen molar-refractivity contribution in [3.05, 3.63) is 18.2 Å². The summed E-state index contributed by atoms with van der Waals surface area (Å²) in [6.07, 6.45) is 4.39. The molecule has 1 amide bonds. The van der Waals surface area contributed by atoms with Crippen molar-refractivity contribution in [2.75, 3.05) is 6.54 Å². The van der Waals surface area contributed by atoms with Gasteiger partial charge in [0, 0.05) is 25.5 Å². The number of carbonyl (C=O) groups is 1. The SMILES string of the molecule is CC[C@@H](N)C(=O)N1CCn2ccnc2C1. The maximum Gasteiger partial charge on any atom is 0.239 e. The predicted molar refractivity (Wildman–Crippen MR) is 55.9 cm³/mol. The lowest BCUT2D eigenvalue weighted by atomic mass is 10.2. The Morgan fingerprint density at radius 1 is 1.67 bits per heavy atom. The molecule has 1 aliphatic heterocycles. The van der Waals surface area contributed by atoms with Crippen LogP contribution in [0.4, 0.5) is 0 Å². The second-order valence-electron chi connectivity index (χ2n) is 3.81. The van der Waals surface area contributed by atoms with Gasteiger partial charge in [0.25, 0.3) is 0 Å². The highest BCUT2D eigenvalue weighted by Crippen LogP contribution is 2.11. The quantitative estimate of drug-likeness (QED) is 0.742. The van der Waals surface area contributed by atoms with Crippen molar-refractivity contribution in [3.63, 3.8) is 0 Å². The van der Waals surface area contributed by atoms with Crippen LogP contribution >= 0.6 is 0 Å². The number of hydrogen-bond donors (Lipinski definition) is 1. The largest absolute Gasteiger partial charge is 0.332 e. The third kappa shape index (κ3) is 1.87. The van der Waals surface area contributed by atoms with Crippen molar-refractivity contribution >= 4 is 5.91 Å². The Morgan fingerprint density at radius 2 is 2.47 bits per heavy atom. The monoisotopic (exact) mass is 208 g/mol. The highest BCUT2D eigenvalue weighted by atomic mass is 16.2. The summed E-state index contributed by atoms with van der Waals surface area (Å²) in [5, 5.41) is 0. The molecular weight excluding hydrogens is 192 g/mol. The summed E-state index contributed by atoms with van der Waals surface area (Å²) < 4.78 is 2.07. The molecule has 2 heterocycles. The van der Waals surface area contributed by atoms with Crippen LogP contribution in [0.2, 0.25) is 0 Å². The van der Waals surface area contributed by atoms with E-state index in [0.717, 1.165) is 18.9 Å². The molecule has 2 N–H and O–H groups in total. The van der Waals surface area contributed by atoms with Gasteiger partial charge in [-0.2, -0.15) is 0 Å². The van der Waals surface area contributed by atoms with Crippen molar-refractivity contribution in [2.24, 2.45) is 5.73 Å². The van der Waals surface area contributed by atoms with Crippen LogP contribution in [0.25, 0.3) is 0 Å². The van der Waals surface area contributed by atoms with E-state index in [1.807, 2.05) is 13.1 Å². The number of nitrogens with two attached hydrogens (primary N) is 1. The summed E-state index contributed by atoms with van der Waals surface area (Å²) in [5.74, 6) is 0.977. The minimum absolute atomic E-state index is 0.0340. The van der Waals surface area contributed by atoms with Crippen LogP contribution in [0.3, 0.4) is 0 Å². The molecule has 2 rings (SSSR count). The van der Waals surface area contributed by atoms with E-state index in [9.17, 15) is 4.79 Å². The molecule has 0 spiro atoms. The van der Waals surface area contributed by atoms with Crippen molar-refractivity contribution in [2.45, 2.75) is 32.5 Å². The molecule has 0 radical (unpaired) electrons. The Labute approximate surface area is 88.9 Å². The molecule has 82 valence electrons. The fraction of sp³-hybridized carbons (Fsp3) is 0.600. The Morgan fingerprint density at radius 3 is 3.20 bits per heavy atom. The molecule has 15 heavy (non-hydrogen) atoms. The first-order chi connectivity index (χ1) is 7.22. The second-order valence-corrected chi connectivity index (χ2v) is 3.81. The van der Waals surface area contributed by atoms with Gasteiger partial charge in [0.15, 0.2) is 0 Å². The molecule has 0 fully saturated rings. The van der Waals surface area contributed by atoms with Crippen LogP contribution < -0.4 is 5.73 Å². The maximum atomic E-state index is 11.8. The highest BCUT2D eigenvalue weighted by Gasteiger charge is 2.24. The van der Waals surface area contributed by atoms with E-state index < -0.39 is 0 Å². The molecule has 0 bridgehead atoms. The zero-order chi connectivity index (χ0) is 10.8. The number of rotatable bonds is 2. The summed E-state index contributed by atoms with van der Waals surface area (Å²) in [6.45, 7) is 4.06. The van der Waals surface area contributed by atoms with E-state index in [1.54, 1.807) is 11.1 Å². The van der Waals surface area contributed by atoms with E-state index in [0.29, 0.717) is 13.0 Å². The minimum Gasteiger partial charge on any atom is -0.332 e. The first-order valence-electron chi connectivity index (χ1n) is 5.26. The topological polar surface area (TPSA) is 64.2 Å². The molecular formula is C10H16N4O. The maximum absolute atomic E-state index is 11.8. The molecule has 1 aromatic rings. The third-order valence-electron chi connectivity index (χ3n) is 2.81. The summed E-state index contributed by atoms with van der Waals surface area (Å²) in [5.41, 5.74) is 5.72. The molecule has 0 unspecified atom stereocenters. The fourth-order valence-corrected chi connectivity index (χ4v) is 1.77. The van der Waals surface area contributed by atoms with Gasteiger partial charge in [0.05, 0.1) is 12.6 Å². The molecule has 5 nitrogen and oxygen atoms in total. The molecule has 5 heteroatoms. The van der Waals surface area contributed by atoms with Crippen LogP contribution in [0.1, 0.15) is 19.2 Å². The first kappa shape index (κ1) is 10.2. The minimum atomic E-state index is -0.369. The summed E-state index contributed by atoms with van der Waals surface area (Å²) in [6, 6.07) is -0.369. The Hall–Kier alpha value is -1.36. The van der Waals surface area contributed by atoms with Crippen LogP contribution in [0.15, 0.2) is 12.4 Å². The smallest absolute Gasteiger partial charge is 0.239 e. The zero-order valence-electron chi connectivity index (χ0n) is 8.89. The fourth-order valence-electron chi connectivity index (χ4n) is 1.77. The highest BCUT2D eigenvalue weighted by molar-refractivity contribution is 5.81.